The first-order chi connectivity index (χ1) is 29.8. The molecule has 0 amide bonds. The Kier molecular flexibility index (Phi) is 8.71. The van der Waals surface area contributed by atoms with Gasteiger partial charge in [-0.1, -0.05) is 109 Å². The molecule has 11 aromatic rings. The normalized spacial score (nSPS) is 11.3. The van der Waals surface area contributed by atoms with Gasteiger partial charge in [-0.3, -0.25) is 9.80 Å². The van der Waals surface area contributed by atoms with Gasteiger partial charge in [0.05, 0.1) is 0 Å². The van der Waals surface area contributed by atoms with Crippen molar-refractivity contribution in [1.29, 1.82) is 0 Å². The maximum Gasteiger partial charge on any atom is 0.138 e. The van der Waals surface area contributed by atoms with Crippen molar-refractivity contribution in [3.8, 4) is 22.3 Å². The minimum Gasteiger partial charge on any atom is -0.279 e. The fourth-order valence-corrected chi connectivity index (χ4v) is 8.50. The van der Waals surface area contributed by atoms with Gasteiger partial charge in [0.2, 0.25) is 0 Å². The number of hydrogen-bond donors (Lipinski definition) is 0. The van der Waals surface area contributed by atoms with E-state index >= 15 is 0 Å². The molecule has 60 heavy (non-hydrogen) atoms. The summed E-state index contributed by atoms with van der Waals surface area (Å²) in [7, 11) is 0. The Hall–Kier alpha value is -8.22. The van der Waals surface area contributed by atoms with E-state index in [-0.39, 0.29) is 0 Å². The summed E-state index contributed by atoms with van der Waals surface area (Å²) in [6.45, 7) is 0. The van der Waals surface area contributed by atoms with Gasteiger partial charge in [0.15, 0.2) is 0 Å². The Bertz CT molecular complexity index is 3020. The summed E-state index contributed by atoms with van der Waals surface area (Å²) in [4.78, 5) is 23.5. The van der Waals surface area contributed by atoms with Gasteiger partial charge in [-0.15, -0.1) is 0 Å². The second-order valence-corrected chi connectivity index (χ2v) is 14.8. The summed E-state index contributed by atoms with van der Waals surface area (Å²) < 4.78 is 0. The van der Waals surface area contributed by atoms with Crippen LogP contribution in [0.3, 0.4) is 0 Å². The first kappa shape index (κ1) is 35.0. The van der Waals surface area contributed by atoms with Gasteiger partial charge in [-0.05, 0) is 150 Å². The topological polar surface area (TPSA) is 58.0 Å². The third-order valence-electron chi connectivity index (χ3n) is 11.2. The molecular formula is C54H36N6. The van der Waals surface area contributed by atoms with Crippen LogP contribution in [0.4, 0.5) is 34.6 Å². The number of hydrogen-bond acceptors (Lipinski definition) is 6. The summed E-state index contributed by atoms with van der Waals surface area (Å²) in [6, 6.07) is 68.3. The van der Waals surface area contributed by atoms with Gasteiger partial charge in [0, 0.05) is 36.2 Å². The Morgan fingerprint density at radius 3 is 0.967 bits per heavy atom. The van der Waals surface area contributed by atoms with E-state index in [1.807, 2.05) is 97.6 Å². The molecule has 0 aliphatic carbocycles. The summed E-state index contributed by atoms with van der Waals surface area (Å²) >= 11 is 0. The Morgan fingerprint density at radius 2 is 0.617 bits per heavy atom. The van der Waals surface area contributed by atoms with E-state index in [2.05, 4.69) is 131 Å². The lowest BCUT2D eigenvalue weighted by Gasteiger charge is -2.26. The molecule has 0 fully saturated rings. The standard InChI is InChI=1S/C54H36N6/c1-3-15-39-33-41(23-21-37(39)13-1)53-45-27-25-44(60(51-19-7-11-31-57-51)52-20-8-12-32-58-52)36-48(45)54(42-24-22-38-14-2-4-16-40(38)34-42)46-28-26-43(35-47(46)53)59(49-17-5-9-29-55-49)50-18-6-10-30-56-50/h1-36H. The Balaban J connectivity index is 1.27. The molecule has 0 aliphatic heterocycles. The fourth-order valence-electron chi connectivity index (χ4n) is 8.50. The first-order valence-electron chi connectivity index (χ1n) is 20.0. The molecule has 0 N–H and O–H groups in total. The predicted octanol–water partition coefficient (Wildman–Crippen LogP) is 14.2. The van der Waals surface area contributed by atoms with Crippen molar-refractivity contribution in [3.63, 3.8) is 0 Å². The van der Waals surface area contributed by atoms with Crippen LogP contribution in [-0.4, -0.2) is 19.9 Å². The third-order valence-corrected chi connectivity index (χ3v) is 11.2. The smallest absolute Gasteiger partial charge is 0.138 e. The molecule has 0 unspecified atom stereocenters. The number of nitrogens with zero attached hydrogens (tertiary/aromatic N) is 6. The van der Waals surface area contributed by atoms with Crippen LogP contribution in [0.25, 0.3) is 65.3 Å². The number of benzene rings is 7. The SMILES string of the molecule is c1ccc(N(c2ccc3c(-c4ccc5ccccc5c4)c4cc(N(c5ccccn5)c5ccccn5)ccc4c(-c4ccc5ccccc5c4)c3c2)c2ccccn2)nc1. The maximum atomic E-state index is 4.82. The van der Waals surface area contributed by atoms with E-state index in [1.165, 1.54) is 21.5 Å². The number of fused-ring (bicyclic) bond motifs is 4. The summed E-state index contributed by atoms with van der Waals surface area (Å²) in [5.41, 5.74) is 6.47. The molecule has 0 aliphatic rings. The van der Waals surface area contributed by atoms with Crippen LogP contribution < -0.4 is 9.80 Å². The van der Waals surface area contributed by atoms with Crippen LogP contribution in [0, 0.1) is 0 Å². The highest BCUT2D eigenvalue weighted by Crippen LogP contribution is 2.48. The maximum absolute atomic E-state index is 4.82. The molecule has 0 saturated carbocycles. The van der Waals surface area contributed by atoms with E-state index in [0.717, 1.165) is 78.4 Å². The highest BCUT2D eigenvalue weighted by molar-refractivity contribution is 6.23. The van der Waals surface area contributed by atoms with E-state index in [9.17, 15) is 0 Å². The molecule has 11 rings (SSSR count). The lowest BCUT2D eigenvalue weighted by Crippen LogP contribution is -2.13. The minimum atomic E-state index is 0.784. The molecule has 0 radical (unpaired) electrons. The first-order valence-corrected chi connectivity index (χ1v) is 20.0. The molecule has 6 nitrogen and oxygen atoms in total. The monoisotopic (exact) mass is 768 g/mol. The fraction of sp³-hybridized carbons (Fsp3) is 0. The van der Waals surface area contributed by atoms with Crippen LogP contribution in [0.15, 0.2) is 219 Å². The van der Waals surface area contributed by atoms with Gasteiger partial charge in [-0.25, -0.2) is 19.9 Å². The molecule has 0 spiro atoms. The van der Waals surface area contributed by atoms with Gasteiger partial charge in [0.1, 0.15) is 23.3 Å². The average molecular weight is 769 g/mol. The van der Waals surface area contributed by atoms with Crippen LogP contribution >= 0.6 is 0 Å². The van der Waals surface area contributed by atoms with E-state index in [1.54, 1.807) is 0 Å². The zero-order chi connectivity index (χ0) is 39.8. The lowest BCUT2D eigenvalue weighted by molar-refractivity contribution is 1.13. The van der Waals surface area contributed by atoms with Crippen LogP contribution in [-0.2, 0) is 0 Å². The van der Waals surface area contributed by atoms with Crippen LogP contribution in [0.5, 0.6) is 0 Å². The highest BCUT2D eigenvalue weighted by atomic mass is 15.2. The Labute approximate surface area is 347 Å². The van der Waals surface area contributed by atoms with E-state index in [4.69, 9.17) is 19.9 Å². The van der Waals surface area contributed by atoms with Crippen molar-refractivity contribution in [3.05, 3.63) is 219 Å². The van der Waals surface area contributed by atoms with Gasteiger partial charge >= 0.3 is 0 Å². The quantitative estimate of drug-likeness (QED) is 0.144. The van der Waals surface area contributed by atoms with E-state index < -0.39 is 0 Å². The molecule has 0 bridgehead atoms. The van der Waals surface area contributed by atoms with Crippen molar-refractivity contribution in [2.24, 2.45) is 0 Å². The number of pyridine rings is 4. The second-order valence-electron chi connectivity index (χ2n) is 14.8. The zero-order valence-electron chi connectivity index (χ0n) is 32.5. The Morgan fingerprint density at radius 1 is 0.267 bits per heavy atom. The summed E-state index contributed by atoms with van der Waals surface area (Å²) in [5.74, 6) is 3.14. The predicted molar refractivity (Wildman–Crippen MR) is 248 cm³/mol. The third kappa shape index (κ3) is 6.24. The molecular weight excluding hydrogens is 733 g/mol. The zero-order valence-corrected chi connectivity index (χ0v) is 32.5. The van der Waals surface area contributed by atoms with Crippen LogP contribution in [0.1, 0.15) is 0 Å². The van der Waals surface area contributed by atoms with Crippen LogP contribution in [0.2, 0.25) is 0 Å². The molecule has 0 atom stereocenters. The highest BCUT2D eigenvalue weighted by Gasteiger charge is 2.23. The number of aromatic nitrogens is 4. The largest absolute Gasteiger partial charge is 0.279 e. The van der Waals surface area contributed by atoms with Gasteiger partial charge < -0.3 is 0 Å². The van der Waals surface area contributed by atoms with Gasteiger partial charge in [0.25, 0.3) is 0 Å². The molecule has 4 aromatic heterocycles. The minimum absolute atomic E-state index is 0.784. The molecule has 4 heterocycles. The summed E-state index contributed by atoms with van der Waals surface area (Å²) in [5, 5.41) is 9.26. The average Bonchev–Trinajstić information content (AvgIpc) is 3.32. The van der Waals surface area contributed by atoms with Gasteiger partial charge in [-0.2, -0.15) is 0 Å². The van der Waals surface area contributed by atoms with Crippen molar-refractivity contribution >= 4 is 77.7 Å². The molecule has 7 aromatic carbocycles. The number of rotatable bonds is 8. The number of anilines is 6. The molecule has 282 valence electrons. The van der Waals surface area contributed by atoms with Crippen molar-refractivity contribution in [2.75, 3.05) is 9.80 Å². The van der Waals surface area contributed by atoms with Crippen molar-refractivity contribution in [1.82, 2.24) is 19.9 Å². The summed E-state index contributed by atoms with van der Waals surface area (Å²) in [6.07, 6.45) is 7.31. The molecule has 6 heteroatoms. The van der Waals surface area contributed by atoms with E-state index in [0.29, 0.717) is 0 Å². The second kappa shape index (κ2) is 14.9. The van der Waals surface area contributed by atoms with Crippen molar-refractivity contribution < 1.29 is 0 Å². The lowest BCUT2D eigenvalue weighted by atomic mass is 9.84. The molecule has 0 saturated heterocycles. The van der Waals surface area contributed by atoms with Crippen molar-refractivity contribution in [2.45, 2.75) is 0 Å².